The minimum Gasteiger partial charge on any atom is -0.508 e. The van der Waals surface area contributed by atoms with E-state index in [1.54, 1.807) is 48.5 Å². The Morgan fingerprint density at radius 1 is 1.00 bits per heavy atom. The molecule has 1 aliphatic heterocycles. The van der Waals surface area contributed by atoms with Gasteiger partial charge in [0.25, 0.3) is 5.91 Å². The highest BCUT2D eigenvalue weighted by atomic mass is 35.5. The SMILES string of the molecule is COc1ccc(C2=NN(C(=O)c3cc4cc(-c5ccc(Cl)s5)cc(C(F)(F)F)n4n3)[C@H](c3ccccc3O)C2)cc1OC. The van der Waals surface area contributed by atoms with Crippen LogP contribution in [0.5, 0.6) is 17.2 Å². The number of rotatable bonds is 6. The fourth-order valence-electron chi connectivity index (χ4n) is 5.04. The zero-order valence-electron chi connectivity index (χ0n) is 22.6. The summed E-state index contributed by atoms with van der Waals surface area (Å²) in [6, 6.07) is 18.0. The van der Waals surface area contributed by atoms with Gasteiger partial charge in [0.1, 0.15) is 11.4 Å². The number of carbonyl (C=O) groups is 1. The van der Waals surface area contributed by atoms with Crippen molar-refractivity contribution in [3.05, 3.63) is 99.6 Å². The van der Waals surface area contributed by atoms with E-state index in [-0.39, 0.29) is 28.9 Å². The van der Waals surface area contributed by atoms with E-state index in [9.17, 15) is 23.1 Å². The summed E-state index contributed by atoms with van der Waals surface area (Å²) >= 11 is 7.16. The molecule has 0 spiro atoms. The monoisotopic (exact) mass is 626 g/mol. The van der Waals surface area contributed by atoms with Crippen molar-refractivity contribution in [1.82, 2.24) is 14.6 Å². The number of phenols is 1. The van der Waals surface area contributed by atoms with Crippen LogP contribution in [0.4, 0.5) is 13.2 Å². The predicted molar refractivity (Wildman–Crippen MR) is 156 cm³/mol. The minimum atomic E-state index is -4.76. The second-order valence-corrected chi connectivity index (χ2v) is 11.4. The molecule has 43 heavy (non-hydrogen) atoms. The number of pyridine rings is 1. The second-order valence-electron chi connectivity index (χ2n) is 9.64. The van der Waals surface area contributed by atoms with Gasteiger partial charge >= 0.3 is 6.18 Å². The molecule has 3 aromatic heterocycles. The summed E-state index contributed by atoms with van der Waals surface area (Å²) in [4.78, 5) is 14.5. The normalized spacial score (nSPS) is 15.2. The molecule has 8 nitrogen and oxygen atoms in total. The number of nitrogens with zero attached hydrogens (tertiary/aromatic N) is 4. The molecular formula is C30H22ClF3N4O4S. The van der Waals surface area contributed by atoms with Crippen LogP contribution < -0.4 is 9.47 Å². The first-order valence-electron chi connectivity index (χ1n) is 12.9. The molecule has 220 valence electrons. The van der Waals surface area contributed by atoms with Crippen LogP contribution in [0.1, 0.15) is 39.8 Å². The molecule has 1 amide bonds. The fourth-order valence-corrected chi connectivity index (χ4v) is 6.07. The number of thiophene rings is 1. The Kier molecular flexibility index (Phi) is 7.26. The molecule has 1 atom stereocenters. The van der Waals surface area contributed by atoms with Gasteiger partial charge in [0.2, 0.25) is 0 Å². The summed E-state index contributed by atoms with van der Waals surface area (Å²) in [5.74, 6) is 0.169. The van der Waals surface area contributed by atoms with Crippen molar-refractivity contribution in [2.24, 2.45) is 5.10 Å². The summed E-state index contributed by atoms with van der Waals surface area (Å²) in [6.07, 6.45) is -4.55. The summed E-state index contributed by atoms with van der Waals surface area (Å²) < 4.78 is 54.4. The van der Waals surface area contributed by atoms with Gasteiger partial charge in [-0.3, -0.25) is 4.79 Å². The zero-order chi connectivity index (χ0) is 30.5. The van der Waals surface area contributed by atoms with E-state index in [4.69, 9.17) is 21.1 Å². The van der Waals surface area contributed by atoms with E-state index in [2.05, 4.69) is 10.2 Å². The number of methoxy groups -OCH3 is 2. The number of carbonyl (C=O) groups excluding carboxylic acids is 1. The fraction of sp³-hybridized carbons (Fsp3) is 0.167. The van der Waals surface area contributed by atoms with Crippen LogP contribution in [0.2, 0.25) is 4.34 Å². The maximum atomic E-state index is 14.2. The second kappa shape index (κ2) is 10.9. The Morgan fingerprint density at radius 3 is 2.44 bits per heavy atom. The maximum absolute atomic E-state index is 14.2. The predicted octanol–water partition coefficient (Wildman–Crippen LogP) is 7.45. The molecule has 1 N–H and O–H groups in total. The van der Waals surface area contributed by atoms with Gasteiger partial charge in [0.05, 0.1) is 35.8 Å². The lowest BCUT2D eigenvalue weighted by molar-refractivity contribution is -0.142. The highest BCUT2D eigenvalue weighted by Crippen LogP contribution is 2.40. The summed E-state index contributed by atoms with van der Waals surface area (Å²) in [5, 5.41) is 20.5. The zero-order valence-corrected chi connectivity index (χ0v) is 24.2. The van der Waals surface area contributed by atoms with Crippen LogP contribution in [0.3, 0.4) is 0 Å². The van der Waals surface area contributed by atoms with Gasteiger partial charge in [0, 0.05) is 22.4 Å². The molecule has 4 heterocycles. The highest BCUT2D eigenvalue weighted by Gasteiger charge is 2.38. The number of benzene rings is 2. The number of fused-ring (bicyclic) bond motifs is 1. The number of amides is 1. The summed E-state index contributed by atoms with van der Waals surface area (Å²) in [6.45, 7) is 0. The molecule has 13 heteroatoms. The first-order chi connectivity index (χ1) is 20.6. The van der Waals surface area contributed by atoms with Crippen LogP contribution in [0, 0.1) is 0 Å². The van der Waals surface area contributed by atoms with Crippen molar-refractivity contribution in [3.8, 4) is 27.7 Å². The van der Waals surface area contributed by atoms with E-state index in [1.165, 1.54) is 32.4 Å². The van der Waals surface area contributed by atoms with Crippen LogP contribution in [0.25, 0.3) is 16.0 Å². The van der Waals surface area contributed by atoms with Crippen molar-refractivity contribution >= 4 is 40.1 Å². The van der Waals surface area contributed by atoms with Gasteiger partial charge in [-0.2, -0.15) is 23.4 Å². The number of ether oxygens (including phenoxy) is 2. The van der Waals surface area contributed by atoms with E-state index in [0.717, 1.165) is 22.4 Å². The molecule has 0 saturated heterocycles. The molecule has 0 fully saturated rings. The van der Waals surface area contributed by atoms with Gasteiger partial charge < -0.3 is 14.6 Å². The van der Waals surface area contributed by atoms with E-state index in [0.29, 0.717) is 42.1 Å². The molecule has 1 aliphatic rings. The van der Waals surface area contributed by atoms with Crippen molar-refractivity contribution in [3.63, 3.8) is 0 Å². The average Bonchev–Trinajstić information content (AvgIpc) is 3.74. The van der Waals surface area contributed by atoms with Crippen LogP contribution in [-0.2, 0) is 6.18 Å². The number of phenolic OH excluding ortho intramolecular Hbond substituents is 1. The average molecular weight is 627 g/mol. The Bertz CT molecular complexity index is 1900. The molecule has 6 rings (SSSR count). The van der Waals surface area contributed by atoms with Crippen molar-refractivity contribution in [2.45, 2.75) is 18.6 Å². The Balaban J connectivity index is 1.46. The van der Waals surface area contributed by atoms with E-state index >= 15 is 0 Å². The lowest BCUT2D eigenvalue weighted by Crippen LogP contribution is -2.27. The Hall–Kier alpha value is -4.55. The van der Waals surface area contributed by atoms with Gasteiger partial charge in [-0.1, -0.05) is 29.8 Å². The van der Waals surface area contributed by atoms with Gasteiger partial charge in [-0.15, -0.1) is 11.3 Å². The minimum absolute atomic E-state index is 0.0531. The van der Waals surface area contributed by atoms with Crippen LogP contribution in [-0.4, -0.2) is 45.6 Å². The number of hydrogen-bond donors (Lipinski definition) is 1. The highest BCUT2D eigenvalue weighted by molar-refractivity contribution is 7.19. The summed E-state index contributed by atoms with van der Waals surface area (Å²) in [7, 11) is 3.01. The van der Waals surface area contributed by atoms with Crippen LogP contribution in [0.15, 0.2) is 77.9 Å². The van der Waals surface area contributed by atoms with Crippen molar-refractivity contribution in [2.75, 3.05) is 14.2 Å². The lowest BCUT2D eigenvalue weighted by Gasteiger charge is -2.21. The molecule has 0 bridgehead atoms. The molecule has 2 aromatic carbocycles. The standard InChI is InChI=1S/C30H22ClF3N4O4S/c1-41-24-8-7-16(12-25(24)42-2)20-15-22(19-5-3-4-6-23(19)39)38(35-20)29(40)21-14-18-11-17(26-9-10-28(31)43-26)13-27(30(32,33)34)37(18)36-21/h3-14,22,39H,15H2,1-2H3/t22-/m0/s1. The number of aromatic nitrogens is 2. The Morgan fingerprint density at radius 2 is 1.77 bits per heavy atom. The first-order valence-corrected chi connectivity index (χ1v) is 14.0. The molecule has 0 radical (unpaired) electrons. The number of hydrazone groups is 1. The number of halogens is 4. The van der Waals surface area contributed by atoms with Gasteiger partial charge in [0.15, 0.2) is 17.2 Å². The number of aromatic hydroxyl groups is 1. The Labute approximate surface area is 252 Å². The maximum Gasteiger partial charge on any atom is 0.433 e. The third kappa shape index (κ3) is 5.28. The first kappa shape index (κ1) is 28.6. The topological polar surface area (TPSA) is 88.7 Å². The van der Waals surface area contributed by atoms with E-state index in [1.807, 2.05) is 0 Å². The third-order valence-corrected chi connectivity index (χ3v) is 8.34. The van der Waals surface area contributed by atoms with Gasteiger partial charge in [-0.05, 0) is 60.2 Å². The smallest absolute Gasteiger partial charge is 0.433 e. The number of para-hydroxylation sites is 1. The third-order valence-electron chi connectivity index (χ3n) is 7.06. The molecule has 5 aromatic rings. The van der Waals surface area contributed by atoms with Crippen molar-refractivity contribution < 1.29 is 32.5 Å². The molecule has 0 saturated carbocycles. The van der Waals surface area contributed by atoms with E-state index < -0.39 is 23.8 Å². The number of hydrogen-bond acceptors (Lipinski definition) is 7. The summed E-state index contributed by atoms with van der Waals surface area (Å²) in [5.41, 5.74) is 0.631. The molecular weight excluding hydrogens is 605 g/mol. The van der Waals surface area contributed by atoms with Gasteiger partial charge in [-0.25, -0.2) is 9.52 Å². The molecule has 0 aliphatic carbocycles. The van der Waals surface area contributed by atoms with Crippen molar-refractivity contribution in [1.29, 1.82) is 0 Å². The largest absolute Gasteiger partial charge is 0.508 e. The van der Waals surface area contributed by atoms with Crippen LogP contribution >= 0.6 is 22.9 Å². The molecule has 0 unspecified atom stereocenters. The number of alkyl halides is 3. The quantitative estimate of drug-likeness (QED) is 0.212. The lowest BCUT2D eigenvalue weighted by atomic mass is 9.97.